The maximum atomic E-state index is 12.4. The third-order valence-corrected chi connectivity index (χ3v) is 4.14. The number of benzene rings is 3. The summed E-state index contributed by atoms with van der Waals surface area (Å²) in [7, 11) is 0. The molecule has 0 aliphatic rings. The molecule has 124 valence electrons. The zero-order valence-electron chi connectivity index (χ0n) is 14.5. The third-order valence-electron chi connectivity index (χ3n) is 4.14. The van der Waals surface area contributed by atoms with E-state index in [0.717, 1.165) is 16.7 Å². The van der Waals surface area contributed by atoms with Gasteiger partial charge in [-0.25, -0.2) is 0 Å². The van der Waals surface area contributed by atoms with Gasteiger partial charge in [0.25, 0.3) is 0 Å². The highest BCUT2D eigenvalue weighted by atomic mass is 16.5. The Kier molecular flexibility index (Phi) is 5.20. The van der Waals surface area contributed by atoms with E-state index in [9.17, 15) is 4.79 Å². The van der Waals surface area contributed by atoms with Crippen molar-refractivity contribution in [1.29, 1.82) is 0 Å². The van der Waals surface area contributed by atoms with Gasteiger partial charge in [0.1, 0.15) is 5.56 Å². The van der Waals surface area contributed by atoms with Crippen LogP contribution in [-0.4, -0.2) is 11.8 Å². The van der Waals surface area contributed by atoms with Gasteiger partial charge in [-0.1, -0.05) is 67.1 Å². The monoisotopic (exact) mass is 329 g/mol. The van der Waals surface area contributed by atoms with Crippen molar-refractivity contribution in [2.75, 3.05) is 0 Å². The van der Waals surface area contributed by atoms with Gasteiger partial charge in [-0.2, -0.15) is 0 Å². The lowest BCUT2D eigenvalue weighted by Gasteiger charge is -2.02. The molecule has 0 saturated carbocycles. The zero-order valence-corrected chi connectivity index (χ0v) is 14.5. The molecule has 0 aliphatic heterocycles. The minimum atomic E-state index is -0.323. The predicted molar refractivity (Wildman–Crippen MR) is 102 cm³/mol. The van der Waals surface area contributed by atoms with Gasteiger partial charge >= 0.3 is 5.97 Å². The van der Waals surface area contributed by atoms with Crippen LogP contribution in [0.5, 0.6) is 0 Å². The highest BCUT2D eigenvalue weighted by Crippen LogP contribution is 2.20. The van der Waals surface area contributed by atoms with Gasteiger partial charge in [0, 0.05) is 12.0 Å². The lowest BCUT2D eigenvalue weighted by atomic mass is 10.0. The van der Waals surface area contributed by atoms with E-state index in [1.54, 1.807) is 0 Å². The van der Waals surface area contributed by atoms with E-state index >= 15 is 0 Å². The Balaban J connectivity index is 1.83. The summed E-state index contributed by atoms with van der Waals surface area (Å²) in [6, 6.07) is 25.6. The summed E-state index contributed by atoms with van der Waals surface area (Å²) in [4.78, 5) is 12.4. The minimum Gasteiger partial charge on any atom is -0.272 e. The standard InChI is InChI=1S/C23H21O2/c1-3-22(20-7-5-4-6-8-20)25-23(24)21-15-13-19(14-16-21)18-11-9-17(2)10-12-18/h4-16H,3H2,1-2H3/q+1. The molecule has 0 bridgehead atoms. The second kappa shape index (κ2) is 7.71. The summed E-state index contributed by atoms with van der Waals surface area (Å²) >= 11 is 0. The molecule has 0 fully saturated rings. The van der Waals surface area contributed by atoms with E-state index in [1.807, 2.05) is 61.5 Å². The van der Waals surface area contributed by atoms with Crippen LogP contribution in [0, 0.1) is 6.92 Å². The number of ketones is 1. The van der Waals surface area contributed by atoms with Gasteiger partial charge in [-0.15, -0.1) is 0 Å². The highest BCUT2D eigenvalue weighted by molar-refractivity contribution is 6.00. The fraction of sp³-hybridized carbons (Fsp3) is 0.130. The summed E-state index contributed by atoms with van der Waals surface area (Å²) in [5.41, 5.74) is 4.94. The molecule has 0 atom stereocenters. The average molecular weight is 329 g/mol. The SMILES string of the molecule is CCC(=[O+]C(=O)c1ccc(-c2ccc(C)cc2)cc1)c1ccccc1. The Morgan fingerprint density at radius 2 is 1.32 bits per heavy atom. The molecular weight excluding hydrogens is 308 g/mol. The second-order valence-corrected chi connectivity index (χ2v) is 5.98. The van der Waals surface area contributed by atoms with E-state index < -0.39 is 0 Å². The van der Waals surface area contributed by atoms with E-state index in [4.69, 9.17) is 4.42 Å². The van der Waals surface area contributed by atoms with Crippen molar-refractivity contribution in [2.45, 2.75) is 20.3 Å². The van der Waals surface area contributed by atoms with E-state index in [-0.39, 0.29) is 5.97 Å². The van der Waals surface area contributed by atoms with Crippen LogP contribution in [0.15, 0.2) is 78.9 Å². The topological polar surface area (TPSA) is 28.4 Å². The average Bonchev–Trinajstić information content (AvgIpc) is 2.67. The van der Waals surface area contributed by atoms with E-state index in [0.29, 0.717) is 17.8 Å². The van der Waals surface area contributed by atoms with Crippen molar-refractivity contribution in [3.8, 4) is 11.1 Å². The Hall–Kier alpha value is -3.00. The van der Waals surface area contributed by atoms with Crippen molar-refractivity contribution >= 4 is 11.8 Å². The van der Waals surface area contributed by atoms with Crippen LogP contribution in [0.3, 0.4) is 0 Å². The van der Waals surface area contributed by atoms with Gasteiger partial charge in [-0.05, 0) is 42.3 Å². The summed E-state index contributed by atoms with van der Waals surface area (Å²) in [5, 5.41) is 0. The first-order chi connectivity index (χ1) is 12.2. The van der Waals surface area contributed by atoms with Crippen molar-refractivity contribution in [3.05, 3.63) is 95.6 Å². The molecule has 0 amide bonds. The summed E-state index contributed by atoms with van der Waals surface area (Å²) in [5.74, 6) is 0.365. The number of carbonyl (C=O) groups excluding carboxylic acids is 2. The first kappa shape index (κ1) is 16.8. The Bertz CT molecular complexity index is 874. The fourth-order valence-corrected chi connectivity index (χ4v) is 2.67. The predicted octanol–water partition coefficient (Wildman–Crippen LogP) is 5.63. The molecule has 0 radical (unpaired) electrons. The molecule has 0 aromatic heterocycles. The largest absolute Gasteiger partial charge is 0.613 e. The molecule has 0 spiro atoms. The number of aryl methyl sites for hydroxylation is 1. The van der Waals surface area contributed by atoms with Crippen LogP contribution in [-0.2, 0) is 0 Å². The van der Waals surface area contributed by atoms with E-state index in [2.05, 4.69) is 31.2 Å². The number of hydrogen-bond acceptors (Lipinski definition) is 1. The van der Waals surface area contributed by atoms with Crippen molar-refractivity contribution in [2.24, 2.45) is 0 Å². The van der Waals surface area contributed by atoms with Gasteiger partial charge in [-0.3, -0.25) is 4.42 Å². The van der Waals surface area contributed by atoms with Crippen molar-refractivity contribution in [3.63, 3.8) is 0 Å². The lowest BCUT2D eigenvalue weighted by molar-refractivity contribution is -0.169. The first-order valence-corrected chi connectivity index (χ1v) is 8.48. The molecule has 0 unspecified atom stereocenters. The quantitative estimate of drug-likeness (QED) is 0.450. The molecule has 25 heavy (non-hydrogen) atoms. The minimum absolute atomic E-state index is 0.323. The van der Waals surface area contributed by atoms with Gasteiger partial charge in [0.2, 0.25) is 5.78 Å². The zero-order chi connectivity index (χ0) is 17.6. The normalized spacial score (nSPS) is 11.4. The Morgan fingerprint density at radius 3 is 1.88 bits per heavy atom. The van der Waals surface area contributed by atoms with Gasteiger partial charge in [0.15, 0.2) is 0 Å². The molecule has 3 rings (SSSR count). The van der Waals surface area contributed by atoms with Crippen LogP contribution in [0.25, 0.3) is 11.1 Å². The molecule has 2 nitrogen and oxygen atoms in total. The molecule has 3 aromatic carbocycles. The lowest BCUT2D eigenvalue weighted by Crippen LogP contribution is -2.05. The van der Waals surface area contributed by atoms with Crippen LogP contribution in [0.2, 0.25) is 0 Å². The summed E-state index contributed by atoms with van der Waals surface area (Å²) in [6.45, 7) is 4.05. The Labute approximate surface area is 148 Å². The van der Waals surface area contributed by atoms with Crippen LogP contribution in [0.1, 0.15) is 39.3 Å². The smallest absolute Gasteiger partial charge is 0.272 e. The molecule has 3 aromatic rings. The van der Waals surface area contributed by atoms with Crippen LogP contribution >= 0.6 is 0 Å². The summed E-state index contributed by atoms with van der Waals surface area (Å²) in [6.07, 6.45) is 0.664. The summed E-state index contributed by atoms with van der Waals surface area (Å²) < 4.78 is 5.61. The van der Waals surface area contributed by atoms with E-state index in [1.165, 1.54) is 5.56 Å². The third kappa shape index (κ3) is 4.10. The molecule has 0 heterocycles. The highest BCUT2D eigenvalue weighted by Gasteiger charge is 2.20. The van der Waals surface area contributed by atoms with Crippen LogP contribution in [0.4, 0.5) is 0 Å². The van der Waals surface area contributed by atoms with Crippen molar-refractivity contribution in [1.82, 2.24) is 0 Å². The molecule has 0 saturated heterocycles. The first-order valence-electron chi connectivity index (χ1n) is 8.48. The molecule has 0 aliphatic carbocycles. The molecule has 2 heteroatoms. The number of carbonyl (C=O) groups is 1. The van der Waals surface area contributed by atoms with Crippen LogP contribution < -0.4 is 0 Å². The number of hydrogen-bond donors (Lipinski definition) is 0. The fourth-order valence-electron chi connectivity index (χ4n) is 2.67. The van der Waals surface area contributed by atoms with Gasteiger partial charge in [0.05, 0.1) is 4.79 Å². The Morgan fingerprint density at radius 1 is 0.760 bits per heavy atom. The molecular formula is C23H21O2+. The van der Waals surface area contributed by atoms with Crippen molar-refractivity contribution < 1.29 is 9.22 Å². The number of rotatable bonds is 4. The molecule has 0 N–H and O–H groups in total. The maximum Gasteiger partial charge on any atom is 0.613 e. The maximum absolute atomic E-state index is 12.4. The second-order valence-electron chi connectivity index (χ2n) is 5.98. The van der Waals surface area contributed by atoms with Gasteiger partial charge < -0.3 is 0 Å².